The van der Waals surface area contributed by atoms with Gasteiger partial charge < -0.3 is 4.74 Å². The largest absolute Gasteiger partial charge is 0.495 e. The molecule has 0 aliphatic heterocycles. The first kappa shape index (κ1) is 23.2. The number of nitrogens with one attached hydrogen (secondary N) is 2. The van der Waals surface area contributed by atoms with Gasteiger partial charge in [-0.15, -0.1) is 0 Å². The van der Waals surface area contributed by atoms with Crippen molar-refractivity contribution in [1.29, 1.82) is 0 Å². The van der Waals surface area contributed by atoms with E-state index in [-0.39, 0.29) is 25.5 Å². The molecule has 0 atom stereocenters. The number of halogens is 2. The Bertz CT molecular complexity index is 1330. The number of ether oxygens (including phenoxy) is 1. The molecule has 7 nitrogen and oxygen atoms in total. The van der Waals surface area contributed by atoms with Gasteiger partial charge in [0.05, 0.1) is 22.7 Å². The van der Waals surface area contributed by atoms with Crippen LogP contribution in [0, 0.1) is 6.92 Å². The highest BCUT2D eigenvalue weighted by Gasteiger charge is 2.20. The number of methoxy groups -OCH3 is 1. The predicted octanol–water partition coefficient (Wildman–Crippen LogP) is 4.91. The number of sulfonamides is 2. The molecular formula is C20H18Cl2N2O5S2. The Labute approximate surface area is 191 Å². The van der Waals surface area contributed by atoms with Crippen LogP contribution in [0.3, 0.4) is 0 Å². The Morgan fingerprint density at radius 2 is 1.48 bits per heavy atom. The summed E-state index contributed by atoms with van der Waals surface area (Å²) in [4.78, 5) is -0.244. The minimum Gasteiger partial charge on any atom is -0.495 e. The molecule has 0 bridgehead atoms. The van der Waals surface area contributed by atoms with Gasteiger partial charge in [0.2, 0.25) is 0 Å². The third-order valence-corrected chi connectivity index (χ3v) is 7.68. The highest BCUT2D eigenvalue weighted by atomic mass is 35.5. The van der Waals surface area contributed by atoms with E-state index < -0.39 is 20.0 Å². The summed E-state index contributed by atoms with van der Waals surface area (Å²) in [6.45, 7) is 1.82. The van der Waals surface area contributed by atoms with Crippen LogP contribution < -0.4 is 14.2 Å². The number of rotatable bonds is 7. The fourth-order valence-corrected chi connectivity index (χ4v) is 5.58. The topological polar surface area (TPSA) is 102 Å². The van der Waals surface area contributed by atoms with Gasteiger partial charge in [-0.05, 0) is 67.1 Å². The lowest BCUT2D eigenvalue weighted by atomic mass is 10.2. The van der Waals surface area contributed by atoms with Crippen molar-refractivity contribution in [3.63, 3.8) is 0 Å². The standard InChI is InChI=1S/C20H18Cl2N2O5S2/c1-13-3-10-19(29-2)18(11-13)24-30(25,26)16-7-5-15(6-8-16)23-31(27,28)20-12-14(21)4-9-17(20)22/h3-12,23-24H,1-2H3. The molecule has 2 N–H and O–H groups in total. The van der Waals surface area contributed by atoms with E-state index in [9.17, 15) is 16.8 Å². The summed E-state index contributed by atoms with van der Waals surface area (Å²) in [5, 5.41) is 0.219. The molecule has 0 spiro atoms. The number of hydrogen-bond acceptors (Lipinski definition) is 5. The van der Waals surface area contributed by atoms with Gasteiger partial charge in [-0.1, -0.05) is 29.3 Å². The molecule has 3 rings (SSSR count). The molecule has 0 unspecified atom stereocenters. The van der Waals surface area contributed by atoms with E-state index in [0.29, 0.717) is 11.4 Å². The van der Waals surface area contributed by atoms with Gasteiger partial charge in [0.1, 0.15) is 10.6 Å². The van der Waals surface area contributed by atoms with Crippen LogP contribution in [0.2, 0.25) is 10.0 Å². The van der Waals surface area contributed by atoms with Gasteiger partial charge in [0.15, 0.2) is 0 Å². The Morgan fingerprint density at radius 3 is 2.13 bits per heavy atom. The number of hydrogen-bond donors (Lipinski definition) is 2. The van der Waals surface area contributed by atoms with Crippen LogP contribution in [0.4, 0.5) is 11.4 Å². The Kier molecular flexibility index (Phi) is 6.70. The first-order valence-electron chi connectivity index (χ1n) is 8.77. The molecule has 11 heteroatoms. The lowest BCUT2D eigenvalue weighted by Gasteiger charge is -2.13. The third kappa shape index (κ3) is 5.43. The van der Waals surface area contributed by atoms with Crippen LogP contribution in [-0.2, 0) is 20.0 Å². The SMILES string of the molecule is COc1ccc(C)cc1NS(=O)(=O)c1ccc(NS(=O)(=O)c2cc(Cl)ccc2Cl)cc1. The molecule has 0 saturated carbocycles. The average molecular weight is 501 g/mol. The molecule has 0 aromatic heterocycles. The van der Waals surface area contributed by atoms with Crippen LogP contribution in [-0.4, -0.2) is 23.9 Å². The summed E-state index contributed by atoms with van der Waals surface area (Å²) in [7, 11) is -6.52. The Hall–Kier alpha value is -2.46. The van der Waals surface area contributed by atoms with Crippen LogP contribution in [0.25, 0.3) is 0 Å². The van der Waals surface area contributed by atoms with Gasteiger partial charge in [0, 0.05) is 10.7 Å². The Morgan fingerprint density at radius 1 is 0.806 bits per heavy atom. The van der Waals surface area contributed by atoms with E-state index >= 15 is 0 Å². The highest BCUT2D eigenvalue weighted by Crippen LogP contribution is 2.29. The summed E-state index contributed by atoms with van der Waals surface area (Å²) in [6, 6.07) is 14.4. The van der Waals surface area contributed by atoms with Crippen molar-refractivity contribution in [2.45, 2.75) is 16.7 Å². The van der Waals surface area contributed by atoms with Crippen LogP contribution in [0.5, 0.6) is 5.75 Å². The van der Waals surface area contributed by atoms with Crippen LogP contribution in [0.15, 0.2) is 70.5 Å². The summed E-state index contributed by atoms with van der Waals surface area (Å²) in [6.07, 6.45) is 0. The normalized spacial score (nSPS) is 11.7. The van der Waals surface area contributed by atoms with Gasteiger partial charge >= 0.3 is 0 Å². The van der Waals surface area contributed by atoms with Crippen LogP contribution in [0.1, 0.15) is 5.56 Å². The second-order valence-corrected chi connectivity index (χ2v) is 10.7. The van der Waals surface area contributed by atoms with E-state index in [1.54, 1.807) is 18.2 Å². The molecule has 3 aromatic carbocycles. The maximum absolute atomic E-state index is 12.7. The molecule has 0 fully saturated rings. The predicted molar refractivity (Wildman–Crippen MR) is 122 cm³/mol. The monoisotopic (exact) mass is 500 g/mol. The molecule has 0 saturated heterocycles. The summed E-state index contributed by atoms with van der Waals surface area (Å²) < 4.78 is 60.7. The molecular weight excluding hydrogens is 483 g/mol. The molecule has 0 heterocycles. The molecule has 164 valence electrons. The second kappa shape index (κ2) is 8.96. The zero-order valence-corrected chi connectivity index (χ0v) is 19.5. The Balaban J connectivity index is 1.84. The van der Waals surface area contributed by atoms with Crippen molar-refractivity contribution in [2.75, 3.05) is 16.6 Å². The average Bonchev–Trinajstić information content (AvgIpc) is 2.70. The fraction of sp³-hybridized carbons (Fsp3) is 0.100. The second-order valence-electron chi connectivity index (χ2n) is 6.51. The molecule has 0 radical (unpaired) electrons. The number of aryl methyl sites for hydroxylation is 1. The summed E-state index contributed by atoms with van der Waals surface area (Å²) >= 11 is 11.8. The summed E-state index contributed by atoms with van der Waals surface area (Å²) in [5.74, 6) is 0.372. The number of benzene rings is 3. The van der Waals surface area contributed by atoms with Gasteiger partial charge in [-0.2, -0.15) is 0 Å². The first-order valence-corrected chi connectivity index (χ1v) is 12.5. The van der Waals surface area contributed by atoms with Crippen molar-refractivity contribution in [3.05, 3.63) is 76.3 Å². The highest BCUT2D eigenvalue weighted by molar-refractivity contribution is 7.93. The summed E-state index contributed by atoms with van der Waals surface area (Å²) in [5.41, 5.74) is 1.30. The molecule has 0 aliphatic carbocycles. The molecule has 3 aromatic rings. The van der Waals surface area contributed by atoms with E-state index in [2.05, 4.69) is 9.44 Å². The minimum atomic E-state index is -4.03. The smallest absolute Gasteiger partial charge is 0.263 e. The van der Waals surface area contributed by atoms with Crippen molar-refractivity contribution in [1.82, 2.24) is 0 Å². The lowest BCUT2D eigenvalue weighted by Crippen LogP contribution is -2.15. The quantitative estimate of drug-likeness (QED) is 0.479. The van der Waals surface area contributed by atoms with Crippen molar-refractivity contribution in [3.8, 4) is 5.75 Å². The fourth-order valence-electron chi connectivity index (χ4n) is 2.70. The van der Waals surface area contributed by atoms with E-state index in [1.165, 1.54) is 49.6 Å². The zero-order chi connectivity index (χ0) is 22.8. The minimum absolute atomic E-state index is 0.00685. The van der Waals surface area contributed by atoms with Crippen LogP contribution >= 0.6 is 23.2 Å². The van der Waals surface area contributed by atoms with Crippen molar-refractivity contribution < 1.29 is 21.6 Å². The van der Waals surface area contributed by atoms with E-state index in [4.69, 9.17) is 27.9 Å². The van der Waals surface area contributed by atoms with Gasteiger partial charge in [0.25, 0.3) is 20.0 Å². The van der Waals surface area contributed by atoms with E-state index in [0.717, 1.165) is 5.56 Å². The first-order chi connectivity index (χ1) is 14.5. The molecule has 31 heavy (non-hydrogen) atoms. The molecule has 0 aliphatic rings. The maximum Gasteiger partial charge on any atom is 0.263 e. The van der Waals surface area contributed by atoms with E-state index in [1.807, 2.05) is 6.92 Å². The van der Waals surface area contributed by atoms with Crippen molar-refractivity contribution >= 4 is 54.6 Å². The zero-order valence-electron chi connectivity index (χ0n) is 16.4. The lowest BCUT2D eigenvalue weighted by molar-refractivity contribution is 0.417. The van der Waals surface area contributed by atoms with Gasteiger partial charge in [-0.25, -0.2) is 16.8 Å². The maximum atomic E-state index is 12.7. The molecule has 0 amide bonds. The van der Waals surface area contributed by atoms with Gasteiger partial charge in [-0.3, -0.25) is 9.44 Å². The number of anilines is 2. The third-order valence-electron chi connectivity index (χ3n) is 4.20. The van der Waals surface area contributed by atoms with Crippen molar-refractivity contribution in [2.24, 2.45) is 0 Å².